The van der Waals surface area contributed by atoms with Crippen molar-refractivity contribution in [1.29, 1.82) is 5.26 Å². The lowest BCUT2D eigenvalue weighted by atomic mass is 9.88. The summed E-state index contributed by atoms with van der Waals surface area (Å²) in [6.07, 6.45) is 0. The molecule has 0 aromatic heterocycles. The van der Waals surface area contributed by atoms with Crippen LogP contribution in [0.2, 0.25) is 39.3 Å². The Bertz CT molecular complexity index is 912. The van der Waals surface area contributed by atoms with Gasteiger partial charge in [-0.3, -0.25) is 0 Å². The normalized spacial score (nSPS) is 16.9. The van der Waals surface area contributed by atoms with Gasteiger partial charge in [-0.05, 0) is 24.1 Å². The minimum absolute atomic E-state index is 0.0389. The molecule has 0 spiro atoms. The fourth-order valence-corrected chi connectivity index (χ4v) is 14.5. The molecule has 1 aliphatic rings. The highest BCUT2D eigenvalue weighted by molar-refractivity contribution is 6.91. The highest BCUT2D eigenvalue weighted by Gasteiger charge is 2.43. The Kier molecular flexibility index (Phi) is 4.96. The van der Waals surface area contributed by atoms with E-state index in [-0.39, 0.29) is 5.92 Å². The standard InChI is InChI=1S/C23H30N2Si2/c1-17-13-14-19-20(15-17)23(25(26(2,3)4)27(5,6)7)21(16-24)22(19)18-11-9-8-10-12-18/h8-15,22H,1-7H3. The van der Waals surface area contributed by atoms with Crippen LogP contribution in [0.5, 0.6) is 0 Å². The summed E-state index contributed by atoms with van der Waals surface area (Å²) in [7, 11) is -3.35. The molecule has 2 nitrogen and oxygen atoms in total. The number of fused-ring (bicyclic) bond motifs is 1. The zero-order chi connectivity index (χ0) is 20.0. The average molecular weight is 391 g/mol. The zero-order valence-corrected chi connectivity index (χ0v) is 19.6. The topological polar surface area (TPSA) is 27.0 Å². The fourth-order valence-electron chi connectivity index (χ4n) is 4.59. The average Bonchev–Trinajstić information content (AvgIpc) is 2.86. The summed E-state index contributed by atoms with van der Waals surface area (Å²) in [5, 5.41) is 10.3. The first-order valence-electron chi connectivity index (χ1n) is 9.66. The molecule has 4 heteroatoms. The predicted molar refractivity (Wildman–Crippen MR) is 121 cm³/mol. The largest absolute Gasteiger partial charge is 0.423 e. The molecule has 2 aromatic carbocycles. The molecule has 1 unspecified atom stereocenters. The molecule has 1 atom stereocenters. The van der Waals surface area contributed by atoms with Gasteiger partial charge in [0.25, 0.3) is 0 Å². The maximum Gasteiger partial charge on any atom is 0.138 e. The van der Waals surface area contributed by atoms with Gasteiger partial charge in [0.2, 0.25) is 0 Å². The molecule has 0 radical (unpaired) electrons. The molecule has 27 heavy (non-hydrogen) atoms. The summed E-state index contributed by atoms with van der Waals surface area (Å²) in [6.45, 7) is 16.6. The Labute approximate surface area is 166 Å². The van der Waals surface area contributed by atoms with Crippen LogP contribution in [-0.2, 0) is 0 Å². The first-order chi connectivity index (χ1) is 12.6. The first-order valence-corrected chi connectivity index (χ1v) is 16.6. The third-order valence-corrected chi connectivity index (χ3v) is 12.3. The van der Waals surface area contributed by atoms with Crippen LogP contribution >= 0.6 is 0 Å². The van der Waals surface area contributed by atoms with E-state index in [1.807, 2.05) is 6.07 Å². The Morgan fingerprint density at radius 1 is 0.889 bits per heavy atom. The van der Waals surface area contributed by atoms with Gasteiger partial charge in [0, 0.05) is 17.2 Å². The molecule has 0 bridgehead atoms. The van der Waals surface area contributed by atoms with E-state index in [4.69, 9.17) is 0 Å². The second-order valence-corrected chi connectivity index (χ2v) is 19.5. The Hall–Kier alpha value is -2.10. The maximum absolute atomic E-state index is 10.3. The molecule has 140 valence electrons. The monoisotopic (exact) mass is 390 g/mol. The molecule has 0 saturated carbocycles. The van der Waals surface area contributed by atoms with Gasteiger partial charge in [-0.2, -0.15) is 5.26 Å². The van der Waals surface area contributed by atoms with E-state index in [1.54, 1.807) is 0 Å². The van der Waals surface area contributed by atoms with Crippen LogP contribution in [-0.4, -0.2) is 20.7 Å². The number of aryl methyl sites for hydroxylation is 1. The van der Waals surface area contributed by atoms with Crippen LogP contribution in [0.25, 0.3) is 5.70 Å². The molecule has 0 N–H and O–H groups in total. The summed E-state index contributed by atoms with van der Waals surface area (Å²) in [5.41, 5.74) is 7.14. The van der Waals surface area contributed by atoms with Crippen molar-refractivity contribution in [3.8, 4) is 6.07 Å². The molecule has 0 amide bonds. The van der Waals surface area contributed by atoms with E-state index >= 15 is 0 Å². The quantitative estimate of drug-likeness (QED) is 0.569. The van der Waals surface area contributed by atoms with E-state index in [1.165, 1.54) is 28.0 Å². The number of allylic oxidation sites excluding steroid dienone is 1. The molecule has 3 rings (SSSR count). The number of benzene rings is 2. The van der Waals surface area contributed by atoms with Gasteiger partial charge < -0.3 is 4.23 Å². The van der Waals surface area contributed by atoms with Crippen LogP contribution in [0.4, 0.5) is 0 Å². The van der Waals surface area contributed by atoms with E-state index in [0.29, 0.717) is 0 Å². The summed E-state index contributed by atoms with van der Waals surface area (Å²) >= 11 is 0. The van der Waals surface area contributed by atoms with Crippen molar-refractivity contribution in [3.05, 3.63) is 76.4 Å². The van der Waals surface area contributed by atoms with Gasteiger partial charge in [-0.1, -0.05) is 87.3 Å². The van der Waals surface area contributed by atoms with E-state index in [2.05, 4.69) is 99.0 Å². The summed E-state index contributed by atoms with van der Waals surface area (Å²) in [4.78, 5) is 0. The van der Waals surface area contributed by atoms with Crippen molar-refractivity contribution in [3.63, 3.8) is 0 Å². The number of hydrogen-bond donors (Lipinski definition) is 0. The van der Waals surface area contributed by atoms with E-state index in [9.17, 15) is 5.26 Å². The number of hydrogen-bond acceptors (Lipinski definition) is 2. The van der Waals surface area contributed by atoms with Crippen LogP contribution < -0.4 is 0 Å². The molecule has 0 aliphatic heterocycles. The summed E-state index contributed by atoms with van der Waals surface area (Å²) in [5.74, 6) is 0.0389. The third kappa shape index (κ3) is 3.54. The van der Waals surface area contributed by atoms with Gasteiger partial charge in [-0.15, -0.1) is 0 Å². The summed E-state index contributed by atoms with van der Waals surface area (Å²) in [6, 6.07) is 19.8. The first kappa shape index (κ1) is 19.7. The van der Waals surface area contributed by atoms with Crippen molar-refractivity contribution in [1.82, 2.24) is 4.23 Å². The lowest BCUT2D eigenvalue weighted by Crippen LogP contribution is -2.57. The minimum atomic E-state index is -1.68. The Morgan fingerprint density at radius 2 is 1.48 bits per heavy atom. The van der Waals surface area contributed by atoms with Crippen LogP contribution in [0.1, 0.15) is 28.2 Å². The lowest BCUT2D eigenvalue weighted by molar-refractivity contribution is 0.856. The highest BCUT2D eigenvalue weighted by atomic mass is 28.4. The SMILES string of the molecule is Cc1ccc2c(c1)C(N([Si](C)(C)C)[Si](C)(C)C)=C(C#N)C2c1ccccc1. The highest BCUT2D eigenvalue weighted by Crippen LogP contribution is 2.49. The van der Waals surface area contributed by atoms with Crippen LogP contribution in [0.15, 0.2) is 54.1 Å². The molecule has 0 fully saturated rings. The van der Waals surface area contributed by atoms with Crippen molar-refractivity contribution >= 4 is 22.2 Å². The molecular weight excluding hydrogens is 360 g/mol. The number of rotatable bonds is 4. The second kappa shape index (κ2) is 6.81. The van der Waals surface area contributed by atoms with Crippen molar-refractivity contribution in [2.24, 2.45) is 0 Å². The maximum atomic E-state index is 10.3. The van der Waals surface area contributed by atoms with Gasteiger partial charge in [0.15, 0.2) is 0 Å². The molecule has 2 aromatic rings. The number of nitriles is 1. The van der Waals surface area contributed by atoms with Crippen molar-refractivity contribution in [2.75, 3.05) is 0 Å². The van der Waals surface area contributed by atoms with Gasteiger partial charge in [-0.25, -0.2) is 0 Å². The minimum Gasteiger partial charge on any atom is -0.423 e. The van der Waals surface area contributed by atoms with E-state index < -0.39 is 16.5 Å². The van der Waals surface area contributed by atoms with E-state index in [0.717, 1.165) is 5.57 Å². The zero-order valence-electron chi connectivity index (χ0n) is 17.6. The van der Waals surface area contributed by atoms with Crippen LogP contribution in [0.3, 0.4) is 0 Å². The third-order valence-electron chi connectivity index (χ3n) is 5.14. The molecule has 0 heterocycles. The molecular formula is C23H30N2Si2. The number of nitrogens with zero attached hydrogens (tertiary/aromatic N) is 2. The van der Waals surface area contributed by atoms with Gasteiger partial charge in [0.05, 0.1) is 11.6 Å². The molecule has 1 aliphatic carbocycles. The molecule has 0 saturated heterocycles. The second-order valence-electron chi connectivity index (χ2n) is 9.49. The van der Waals surface area contributed by atoms with Crippen molar-refractivity contribution in [2.45, 2.75) is 52.1 Å². The van der Waals surface area contributed by atoms with Gasteiger partial charge >= 0.3 is 0 Å². The van der Waals surface area contributed by atoms with Crippen LogP contribution in [0, 0.1) is 18.3 Å². The Morgan fingerprint density at radius 3 is 2.00 bits per heavy atom. The Balaban J connectivity index is 2.36. The van der Waals surface area contributed by atoms with Crippen molar-refractivity contribution < 1.29 is 0 Å². The fraction of sp³-hybridized carbons (Fsp3) is 0.348. The lowest BCUT2D eigenvalue weighted by Gasteiger charge is -2.47. The predicted octanol–water partition coefficient (Wildman–Crippen LogP) is 6.35. The smallest absolute Gasteiger partial charge is 0.138 e. The van der Waals surface area contributed by atoms with Gasteiger partial charge in [0.1, 0.15) is 16.5 Å². The summed E-state index contributed by atoms with van der Waals surface area (Å²) < 4.78 is 2.71.